The number of rotatable bonds is 8. The Morgan fingerprint density at radius 2 is 1.64 bits per heavy atom. The number of hydrogen-bond acceptors (Lipinski definition) is 3. The zero-order valence-corrected chi connectivity index (χ0v) is 27.9. The number of ether oxygens (including phenoxy) is 1. The highest BCUT2D eigenvalue weighted by molar-refractivity contribution is 6.30. The van der Waals surface area contributed by atoms with E-state index in [1.807, 2.05) is 42.5 Å². The molecule has 4 aromatic carbocycles. The molecule has 1 saturated carbocycles. The fraction of sp³-hybridized carbons (Fsp3) is 0.268. The van der Waals surface area contributed by atoms with Crippen LogP contribution in [0.25, 0.3) is 55.4 Å². The second kappa shape index (κ2) is 12.9. The van der Waals surface area contributed by atoms with Gasteiger partial charge in [0.1, 0.15) is 5.75 Å². The average Bonchev–Trinajstić information content (AvgIpc) is 3.42. The van der Waals surface area contributed by atoms with E-state index in [9.17, 15) is 9.90 Å². The Balaban J connectivity index is 1.41. The summed E-state index contributed by atoms with van der Waals surface area (Å²) in [5.74, 6) is 0.331. The molecule has 2 heterocycles. The third-order valence-electron chi connectivity index (χ3n) is 9.86. The zero-order valence-electron chi connectivity index (χ0n) is 27.1. The third-order valence-corrected chi connectivity index (χ3v) is 10.1. The molecular formula is C41H39ClN2O3. The molecule has 6 aromatic rings. The SMILES string of the molecule is CCCn1c(-c2ccc3nc(-c4cc(OC)ccc4-c4ccc(Cl)cc4)ccc3c2C)c(C2CCCCC2)c2ccc(C(=O)O)cc21. The Kier molecular flexibility index (Phi) is 8.50. The second-order valence-corrected chi connectivity index (χ2v) is 13.1. The Labute approximate surface area is 280 Å². The normalized spacial score (nSPS) is 13.8. The van der Waals surface area contributed by atoms with Gasteiger partial charge in [-0.1, -0.05) is 74.2 Å². The van der Waals surface area contributed by atoms with Crippen molar-refractivity contribution >= 4 is 39.4 Å². The third kappa shape index (κ3) is 5.67. The molecule has 1 aliphatic carbocycles. The number of nitrogens with zero attached hydrogens (tertiary/aromatic N) is 2. The minimum absolute atomic E-state index is 0.330. The van der Waals surface area contributed by atoms with Crippen LogP contribution < -0.4 is 4.74 Å². The summed E-state index contributed by atoms with van der Waals surface area (Å²) in [7, 11) is 1.68. The van der Waals surface area contributed by atoms with Crippen LogP contribution in [0.4, 0.5) is 0 Å². The van der Waals surface area contributed by atoms with Gasteiger partial charge in [-0.05, 0) is 103 Å². The lowest BCUT2D eigenvalue weighted by Crippen LogP contribution is -2.08. The molecule has 0 unspecified atom stereocenters. The summed E-state index contributed by atoms with van der Waals surface area (Å²) in [6.45, 7) is 5.21. The number of halogens is 1. The minimum atomic E-state index is -0.893. The topological polar surface area (TPSA) is 64.4 Å². The summed E-state index contributed by atoms with van der Waals surface area (Å²) >= 11 is 6.21. The zero-order chi connectivity index (χ0) is 32.7. The highest BCUT2D eigenvalue weighted by atomic mass is 35.5. The predicted molar refractivity (Wildman–Crippen MR) is 193 cm³/mol. The lowest BCUT2D eigenvalue weighted by atomic mass is 9.81. The first-order chi connectivity index (χ1) is 22.9. The molecule has 6 heteroatoms. The van der Waals surface area contributed by atoms with Gasteiger partial charge >= 0.3 is 5.97 Å². The van der Waals surface area contributed by atoms with Crippen LogP contribution in [0.3, 0.4) is 0 Å². The van der Waals surface area contributed by atoms with E-state index in [1.165, 1.54) is 47.0 Å². The number of fused-ring (bicyclic) bond motifs is 2. The Hall–Kier alpha value is -4.61. The maximum absolute atomic E-state index is 12.0. The summed E-state index contributed by atoms with van der Waals surface area (Å²) in [6, 6.07) is 28.3. The van der Waals surface area contributed by atoms with Crippen molar-refractivity contribution in [2.24, 2.45) is 0 Å². The molecule has 0 radical (unpaired) electrons. The highest BCUT2D eigenvalue weighted by Crippen LogP contribution is 2.46. The Morgan fingerprint density at radius 3 is 2.36 bits per heavy atom. The van der Waals surface area contributed by atoms with Crippen molar-refractivity contribution in [2.45, 2.75) is 64.8 Å². The smallest absolute Gasteiger partial charge is 0.335 e. The fourth-order valence-corrected chi connectivity index (χ4v) is 7.69. The molecule has 1 fully saturated rings. The van der Waals surface area contributed by atoms with Gasteiger partial charge in [0.2, 0.25) is 0 Å². The van der Waals surface area contributed by atoms with E-state index in [-0.39, 0.29) is 0 Å². The number of carboxylic acid groups (broad SMARTS) is 1. The number of methoxy groups -OCH3 is 1. The molecule has 5 nitrogen and oxygen atoms in total. The molecule has 0 spiro atoms. The number of hydrogen-bond donors (Lipinski definition) is 1. The van der Waals surface area contributed by atoms with Crippen molar-refractivity contribution in [2.75, 3.05) is 7.11 Å². The van der Waals surface area contributed by atoms with Crippen molar-refractivity contribution in [1.82, 2.24) is 9.55 Å². The van der Waals surface area contributed by atoms with E-state index in [1.54, 1.807) is 13.2 Å². The number of benzene rings is 4. The molecular weight excluding hydrogens is 604 g/mol. The summed E-state index contributed by atoms with van der Waals surface area (Å²) in [5.41, 5.74) is 11.2. The van der Waals surface area contributed by atoms with E-state index in [0.29, 0.717) is 16.5 Å². The number of carbonyl (C=O) groups is 1. The Bertz CT molecular complexity index is 2120. The Morgan fingerprint density at radius 1 is 0.894 bits per heavy atom. The van der Waals surface area contributed by atoms with Gasteiger partial charge in [-0.3, -0.25) is 0 Å². The molecule has 0 atom stereocenters. The summed E-state index contributed by atoms with van der Waals surface area (Å²) < 4.78 is 8.00. The van der Waals surface area contributed by atoms with Gasteiger partial charge in [-0.15, -0.1) is 0 Å². The highest BCUT2D eigenvalue weighted by Gasteiger charge is 2.28. The lowest BCUT2D eigenvalue weighted by molar-refractivity contribution is 0.0697. The van der Waals surface area contributed by atoms with Crippen LogP contribution in [0, 0.1) is 6.92 Å². The van der Waals surface area contributed by atoms with Crippen molar-refractivity contribution in [3.8, 4) is 39.4 Å². The molecule has 47 heavy (non-hydrogen) atoms. The molecule has 7 rings (SSSR count). The molecule has 0 saturated heterocycles. The maximum atomic E-state index is 12.0. The summed E-state index contributed by atoms with van der Waals surface area (Å²) in [6.07, 6.45) is 7.00. The number of aromatic nitrogens is 2. The van der Waals surface area contributed by atoms with Crippen molar-refractivity contribution < 1.29 is 14.6 Å². The van der Waals surface area contributed by atoms with E-state index in [4.69, 9.17) is 21.3 Å². The first kappa shape index (κ1) is 31.0. The minimum Gasteiger partial charge on any atom is -0.497 e. The van der Waals surface area contributed by atoms with E-state index in [0.717, 1.165) is 70.4 Å². The van der Waals surface area contributed by atoms with Crippen molar-refractivity contribution in [3.63, 3.8) is 0 Å². The van der Waals surface area contributed by atoms with E-state index >= 15 is 0 Å². The number of aryl methyl sites for hydroxylation is 2. The number of pyridine rings is 1. The van der Waals surface area contributed by atoms with Crippen LogP contribution in [-0.4, -0.2) is 27.7 Å². The van der Waals surface area contributed by atoms with Gasteiger partial charge in [0.05, 0.1) is 29.6 Å². The molecule has 1 N–H and O–H groups in total. The van der Waals surface area contributed by atoms with Gasteiger partial charge in [-0.2, -0.15) is 0 Å². The molecule has 238 valence electrons. The largest absolute Gasteiger partial charge is 0.497 e. The second-order valence-electron chi connectivity index (χ2n) is 12.7. The van der Waals surface area contributed by atoms with E-state index < -0.39 is 5.97 Å². The molecule has 2 aromatic heterocycles. The van der Waals surface area contributed by atoms with Crippen LogP contribution in [0.15, 0.2) is 84.9 Å². The maximum Gasteiger partial charge on any atom is 0.335 e. The quantitative estimate of drug-likeness (QED) is 0.179. The van der Waals surface area contributed by atoms with Gasteiger partial charge < -0.3 is 14.4 Å². The molecule has 0 bridgehead atoms. The standard InChI is InChI=1S/C41H39ClN2O3/c1-4-22-44-38-23-28(41(45)46)12-16-34(38)39(27-8-6-5-7-9-27)40(44)32-19-21-36-31(25(32)2)18-20-37(43-36)35-24-30(47-3)15-17-33(35)26-10-13-29(42)14-11-26/h10-21,23-24,27H,4-9,22H2,1-3H3,(H,45,46). The van der Waals surface area contributed by atoms with Crippen molar-refractivity contribution in [3.05, 3.63) is 107 Å². The van der Waals surface area contributed by atoms with E-state index in [2.05, 4.69) is 54.8 Å². The first-order valence-electron chi connectivity index (χ1n) is 16.6. The van der Waals surface area contributed by atoms with Gasteiger partial charge in [0.25, 0.3) is 0 Å². The van der Waals surface area contributed by atoms with Crippen LogP contribution in [-0.2, 0) is 6.54 Å². The van der Waals surface area contributed by atoms with Gasteiger partial charge in [0, 0.05) is 39.0 Å². The average molecular weight is 643 g/mol. The first-order valence-corrected chi connectivity index (χ1v) is 17.0. The number of aromatic carboxylic acids is 1. The fourth-order valence-electron chi connectivity index (χ4n) is 7.56. The van der Waals surface area contributed by atoms with Gasteiger partial charge in [0.15, 0.2) is 0 Å². The predicted octanol–water partition coefficient (Wildman–Crippen LogP) is 11.3. The molecule has 0 aliphatic heterocycles. The lowest BCUT2D eigenvalue weighted by Gasteiger charge is -2.24. The number of carboxylic acids is 1. The van der Waals surface area contributed by atoms with Crippen LogP contribution in [0.5, 0.6) is 5.75 Å². The van der Waals surface area contributed by atoms with Crippen LogP contribution in [0.2, 0.25) is 5.02 Å². The van der Waals surface area contributed by atoms with Gasteiger partial charge in [-0.25, -0.2) is 9.78 Å². The summed E-state index contributed by atoms with van der Waals surface area (Å²) in [5, 5.41) is 12.9. The molecule has 1 aliphatic rings. The monoisotopic (exact) mass is 642 g/mol. The summed E-state index contributed by atoms with van der Waals surface area (Å²) in [4.78, 5) is 17.2. The van der Waals surface area contributed by atoms with Crippen molar-refractivity contribution in [1.29, 1.82) is 0 Å². The molecule has 0 amide bonds. The van der Waals surface area contributed by atoms with Crippen LogP contribution >= 0.6 is 11.6 Å². The van der Waals surface area contributed by atoms with Crippen LogP contribution in [0.1, 0.15) is 72.9 Å².